The summed E-state index contributed by atoms with van der Waals surface area (Å²) in [6.45, 7) is 8.78. The van der Waals surface area contributed by atoms with E-state index in [0.29, 0.717) is 65.1 Å². The van der Waals surface area contributed by atoms with E-state index in [9.17, 15) is 14.7 Å². The van der Waals surface area contributed by atoms with Crippen LogP contribution < -0.4 is 22.1 Å². The highest BCUT2D eigenvalue weighted by Crippen LogP contribution is 2.47. The highest BCUT2D eigenvalue weighted by Gasteiger charge is 2.50. The Hall–Kier alpha value is -3.78. The number of rotatable bonds is 10. The largest absolute Gasteiger partial charge is 0.493 e. The molecule has 250 valence electrons. The number of hydrogen-bond donors (Lipinski definition) is 1. The summed E-state index contributed by atoms with van der Waals surface area (Å²) in [7, 11) is 3.11. The number of halogens is 1. The predicted molar refractivity (Wildman–Crippen MR) is 187 cm³/mol. The molecule has 4 aliphatic heterocycles. The van der Waals surface area contributed by atoms with Gasteiger partial charge in [-0.05, 0) is 71.9 Å². The fourth-order valence-electron chi connectivity index (χ4n) is 6.89. The molecule has 6 rings (SSSR count). The average Bonchev–Trinajstić information content (AvgIpc) is 3.50. The van der Waals surface area contributed by atoms with Gasteiger partial charge in [-0.15, -0.1) is 0 Å². The Bertz CT molecular complexity index is 1710. The Morgan fingerprint density at radius 2 is 1.40 bits per heavy atom. The van der Waals surface area contributed by atoms with Crippen molar-refractivity contribution in [2.75, 3.05) is 30.5 Å². The minimum atomic E-state index is -0.920. The van der Waals surface area contributed by atoms with Gasteiger partial charge in [0, 0.05) is 30.7 Å². The summed E-state index contributed by atoms with van der Waals surface area (Å²) in [4.78, 5) is 35.1. The Morgan fingerprint density at radius 3 is 2.06 bits per heavy atom. The Balaban J connectivity index is 1.06. The van der Waals surface area contributed by atoms with Crippen LogP contribution in [0.3, 0.4) is 0 Å². The molecule has 0 radical (unpaired) electrons. The van der Waals surface area contributed by atoms with Gasteiger partial charge in [-0.2, -0.15) is 0 Å². The van der Waals surface area contributed by atoms with E-state index in [1.165, 1.54) is 0 Å². The van der Waals surface area contributed by atoms with Gasteiger partial charge < -0.3 is 33.9 Å². The number of hydrogen-bond acceptors (Lipinski definition) is 9. The standard InChI is InChI=1S/C35H41IN4O7/c1-21-16-34(3)20-37-25-14-29(27(44-5)12-23(25)31(41)38(34)18-21)46-10-8-7-9-11-47-30-15-26-24(13-28(30)45-6)32(42)39-19-22(2)17-35(39,4)33(43)40(26)36/h12-15,18-20,33,43H,7-11,16-17H2,1-6H3/t33-,34-,35-/m0/s1. The van der Waals surface area contributed by atoms with Gasteiger partial charge in [0.2, 0.25) is 0 Å². The molecule has 0 bridgehead atoms. The molecule has 2 amide bonds. The molecule has 1 N–H and O–H groups in total. The number of aliphatic hydroxyl groups excluding tert-OH is 1. The zero-order chi connectivity index (χ0) is 33.7. The van der Waals surface area contributed by atoms with Gasteiger partial charge in [0.15, 0.2) is 29.2 Å². The lowest BCUT2D eigenvalue weighted by atomic mass is 9.94. The molecule has 0 saturated carbocycles. The lowest BCUT2D eigenvalue weighted by molar-refractivity contribution is 0.0255. The number of carbonyl (C=O) groups is 2. The van der Waals surface area contributed by atoms with Gasteiger partial charge in [-0.3, -0.25) is 17.7 Å². The van der Waals surface area contributed by atoms with E-state index < -0.39 is 17.3 Å². The minimum Gasteiger partial charge on any atom is -0.493 e. The van der Waals surface area contributed by atoms with E-state index in [1.54, 1.807) is 51.4 Å². The molecule has 0 spiro atoms. The van der Waals surface area contributed by atoms with Gasteiger partial charge in [0.05, 0.1) is 83.9 Å². The summed E-state index contributed by atoms with van der Waals surface area (Å²) in [6, 6.07) is 6.95. The Morgan fingerprint density at radius 1 is 0.830 bits per heavy atom. The molecule has 2 aromatic rings. The first-order valence-electron chi connectivity index (χ1n) is 15.8. The number of carbonyl (C=O) groups excluding carboxylic acids is 2. The number of aliphatic hydroxyl groups is 1. The number of benzene rings is 2. The maximum Gasteiger partial charge on any atom is 0.260 e. The van der Waals surface area contributed by atoms with Crippen LogP contribution in [-0.4, -0.2) is 77.7 Å². The third kappa shape index (κ3) is 5.83. The van der Waals surface area contributed by atoms with Gasteiger partial charge in [-0.1, -0.05) is 11.1 Å². The van der Waals surface area contributed by atoms with E-state index in [1.807, 2.05) is 46.3 Å². The fourth-order valence-corrected chi connectivity index (χ4v) is 7.89. The molecule has 0 unspecified atom stereocenters. The number of nitrogens with zero attached hydrogens (tertiary/aromatic N) is 4. The number of methoxy groups -OCH3 is 2. The minimum absolute atomic E-state index is 0.108. The van der Waals surface area contributed by atoms with E-state index in [-0.39, 0.29) is 11.8 Å². The second-order valence-corrected chi connectivity index (χ2v) is 14.1. The van der Waals surface area contributed by atoms with Crippen molar-refractivity contribution in [3.05, 3.63) is 58.9 Å². The number of anilines is 1. The van der Waals surface area contributed by atoms with E-state index in [2.05, 4.69) is 27.9 Å². The van der Waals surface area contributed by atoms with Crippen LogP contribution in [0.15, 0.2) is 52.8 Å². The first kappa shape index (κ1) is 33.1. The van der Waals surface area contributed by atoms with Crippen molar-refractivity contribution in [2.45, 2.75) is 77.1 Å². The zero-order valence-electron chi connectivity index (χ0n) is 27.6. The monoisotopic (exact) mass is 756 g/mol. The normalized spacial score (nSPS) is 24.5. The van der Waals surface area contributed by atoms with Gasteiger partial charge in [0.25, 0.3) is 11.8 Å². The second kappa shape index (κ2) is 12.7. The molecule has 0 fully saturated rings. The van der Waals surface area contributed by atoms with Crippen LogP contribution in [-0.2, 0) is 0 Å². The summed E-state index contributed by atoms with van der Waals surface area (Å²) < 4.78 is 25.1. The Labute approximate surface area is 289 Å². The topological polar surface area (TPSA) is 113 Å². The average molecular weight is 757 g/mol. The lowest BCUT2D eigenvalue weighted by Gasteiger charge is -2.39. The van der Waals surface area contributed by atoms with Crippen LogP contribution in [0.25, 0.3) is 0 Å². The molecule has 4 aliphatic rings. The van der Waals surface area contributed by atoms with Gasteiger partial charge in [-0.25, -0.2) is 0 Å². The van der Waals surface area contributed by atoms with Crippen molar-refractivity contribution in [2.24, 2.45) is 4.99 Å². The lowest BCUT2D eigenvalue weighted by Crippen LogP contribution is -2.54. The van der Waals surface area contributed by atoms with Crippen LogP contribution in [0.1, 0.15) is 80.5 Å². The fraction of sp³-hybridized carbons (Fsp3) is 0.457. The van der Waals surface area contributed by atoms with Crippen molar-refractivity contribution in [3.8, 4) is 23.0 Å². The third-order valence-corrected chi connectivity index (χ3v) is 10.4. The van der Waals surface area contributed by atoms with Crippen molar-refractivity contribution >= 4 is 52.3 Å². The quantitative estimate of drug-likeness (QED) is 0.165. The van der Waals surface area contributed by atoms with Crippen LogP contribution in [0.5, 0.6) is 23.0 Å². The third-order valence-electron chi connectivity index (χ3n) is 9.32. The number of ether oxygens (including phenoxy) is 4. The van der Waals surface area contributed by atoms with Gasteiger partial charge in [0.1, 0.15) is 0 Å². The smallest absolute Gasteiger partial charge is 0.260 e. The SMILES string of the molecule is COc1cc2c(cc1OCCCCCOc1cc3c(cc1OC)C(=O)N1C=C(C)C[C@@]1(C)[C@H](O)N3I)N=C[C@]1(C)CC(C)=CN1C2=O. The zero-order valence-corrected chi connectivity index (χ0v) is 29.8. The molecule has 3 atom stereocenters. The van der Waals surface area contributed by atoms with Crippen molar-refractivity contribution in [3.63, 3.8) is 0 Å². The number of amides is 2. The van der Waals surface area contributed by atoms with Crippen LogP contribution in [0, 0.1) is 0 Å². The van der Waals surface area contributed by atoms with Crippen LogP contribution in [0.4, 0.5) is 11.4 Å². The molecule has 2 aromatic carbocycles. The van der Waals surface area contributed by atoms with E-state index in [0.717, 1.165) is 36.8 Å². The number of aliphatic imine (C=N–C) groups is 1. The summed E-state index contributed by atoms with van der Waals surface area (Å²) in [5, 5.41) is 11.3. The molecule has 47 heavy (non-hydrogen) atoms. The van der Waals surface area contributed by atoms with Crippen LogP contribution >= 0.6 is 22.9 Å². The molecular formula is C35H41IN4O7. The highest BCUT2D eigenvalue weighted by atomic mass is 127. The first-order chi connectivity index (χ1) is 22.4. The molecule has 4 heterocycles. The maximum absolute atomic E-state index is 13.6. The first-order valence-corrected chi connectivity index (χ1v) is 16.8. The summed E-state index contributed by atoms with van der Waals surface area (Å²) >= 11 is 2.07. The second-order valence-electron chi connectivity index (χ2n) is 13.1. The van der Waals surface area contributed by atoms with Crippen molar-refractivity contribution < 1.29 is 33.6 Å². The molecule has 0 aliphatic carbocycles. The molecule has 11 nitrogen and oxygen atoms in total. The van der Waals surface area contributed by atoms with Crippen LogP contribution in [0.2, 0.25) is 0 Å². The van der Waals surface area contributed by atoms with Gasteiger partial charge >= 0.3 is 0 Å². The summed E-state index contributed by atoms with van der Waals surface area (Å²) in [5.74, 6) is 1.70. The van der Waals surface area contributed by atoms with Crippen molar-refractivity contribution in [1.29, 1.82) is 0 Å². The van der Waals surface area contributed by atoms with E-state index >= 15 is 0 Å². The summed E-state index contributed by atoms with van der Waals surface area (Å²) in [6.07, 6.45) is 8.35. The Kier molecular flexibility index (Phi) is 8.94. The molecule has 0 aromatic heterocycles. The molecule has 0 saturated heterocycles. The summed E-state index contributed by atoms with van der Waals surface area (Å²) in [5.41, 5.74) is 2.98. The number of fused-ring (bicyclic) bond motifs is 4. The highest BCUT2D eigenvalue weighted by molar-refractivity contribution is 14.1. The molecular weight excluding hydrogens is 715 g/mol. The molecule has 12 heteroatoms. The predicted octanol–water partition coefficient (Wildman–Crippen LogP) is 6.55. The number of unbranched alkanes of at least 4 members (excludes halogenated alkanes) is 2. The van der Waals surface area contributed by atoms with E-state index in [4.69, 9.17) is 18.9 Å². The van der Waals surface area contributed by atoms with Crippen molar-refractivity contribution in [1.82, 2.24) is 9.80 Å². The maximum atomic E-state index is 13.6.